The molecule has 0 aromatic carbocycles. The van der Waals surface area contributed by atoms with E-state index in [9.17, 15) is 0 Å². The minimum atomic E-state index is -0.225. The van der Waals surface area contributed by atoms with Crippen LogP contribution in [-0.2, 0) is 0 Å². The summed E-state index contributed by atoms with van der Waals surface area (Å²) in [5.41, 5.74) is 9.25. The molecule has 0 spiro atoms. The molecule has 1 rings (SSSR count). The van der Waals surface area contributed by atoms with Gasteiger partial charge >= 0.3 is 5.71 Å². The van der Waals surface area contributed by atoms with E-state index in [-0.39, 0.29) is 12.4 Å². The van der Waals surface area contributed by atoms with E-state index in [1.54, 1.807) is 0 Å². The van der Waals surface area contributed by atoms with Gasteiger partial charge in [-0.05, 0) is 12.2 Å². The van der Waals surface area contributed by atoms with Gasteiger partial charge in [-0.15, -0.1) is 0 Å². The Morgan fingerprint density at radius 1 is 1.64 bits per heavy atom. The van der Waals surface area contributed by atoms with Crippen molar-refractivity contribution in [3.8, 4) is 0 Å². The molecule has 0 bridgehead atoms. The highest BCUT2D eigenvalue weighted by Gasteiger charge is 2.17. The lowest BCUT2D eigenvalue weighted by atomic mass is 10.0. The summed E-state index contributed by atoms with van der Waals surface area (Å²) in [7, 11) is 0. The van der Waals surface area contributed by atoms with Gasteiger partial charge in [0, 0.05) is 0 Å². The summed E-state index contributed by atoms with van der Waals surface area (Å²) in [5.74, 6) is 0.0986. The van der Waals surface area contributed by atoms with Crippen molar-refractivity contribution in [1.29, 1.82) is 0 Å². The Morgan fingerprint density at radius 3 is 2.91 bits per heavy atom. The van der Waals surface area contributed by atoms with E-state index in [4.69, 9.17) is 15.7 Å². The molecule has 2 N–H and O–H groups in total. The molecule has 0 amide bonds. The second-order valence-corrected chi connectivity index (χ2v) is 2.21. The molecular weight excluding hydrogens is 144 g/mol. The number of hydrogen-bond acceptors (Lipinski definition) is 2. The van der Waals surface area contributed by atoms with Crippen molar-refractivity contribution in [3.63, 3.8) is 0 Å². The lowest BCUT2D eigenvalue weighted by molar-refractivity contribution is -0.00734. The van der Waals surface area contributed by atoms with Gasteiger partial charge in [0.1, 0.15) is 5.76 Å². The number of allylic oxidation sites excluding steroid dienone is 2. The van der Waals surface area contributed by atoms with Gasteiger partial charge in [0.05, 0.1) is 18.6 Å². The van der Waals surface area contributed by atoms with Crippen molar-refractivity contribution in [2.24, 2.45) is 0 Å². The van der Waals surface area contributed by atoms with Crippen molar-refractivity contribution in [2.75, 3.05) is 6.61 Å². The summed E-state index contributed by atoms with van der Waals surface area (Å²) in [5, 5.41) is 17.7. The molecule has 0 fully saturated rings. The van der Waals surface area contributed by atoms with E-state index in [1.807, 2.05) is 0 Å². The van der Waals surface area contributed by atoms with E-state index in [2.05, 4.69) is 4.79 Å². The van der Waals surface area contributed by atoms with Crippen molar-refractivity contribution in [3.05, 3.63) is 29.0 Å². The minimum absolute atomic E-state index is 0.0986. The Morgan fingerprint density at radius 2 is 2.36 bits per heavy atom. The monoisotopic (exact) mass is 152 g/mol. The predicted octanol–water partition coefficient (Wildman–Crippen LogP) is 0.422. The molecule has 0 aliphatic heterocycles. The molecule has 0 saturated heterocycles. The normalized spacial score (nSPS) is 17.0. The summed E-state index contributed by atoms with van der Waals surface area (Å²) < 4.78 is 0. The van der Waals surface area contributed by atoms with Crippen LogP contribution in [0.1, 0.15) is 6.42 Å². The van der Waals surface area contributed by atoms with Crippen LogP contribution in [0, 0.1) is 0 Å². The van der Waals surface area contributed by atoms with Crippen LogP contribution in [-0.4, -0.2) is 27.3 Å². The third-order valence-corrected chi connectivity index (χ3v) is 1.49. The molecule has 1 aliphatic rings. The average Bonchev–Trinajstić information content (AvgIpc) is 2.04. The Kier molecular flexibility index (Phi) is 2.21. The maximum Gasteiger partial charge on any atom is 0.301 e. The maximum atomic E-state index is 8.96. The van der Waals surface area contributed by atoms with Gasteiger partial charge in [-0.25, -0.2) is 0 Å². The third-order valence-electron chi connectivity index (χ3n) is 1.49. The molecule has 0 saturated carbocycles. The number of hydrogen-bond donors (Lipinski definition) is 2. The molecule has 4 heteroatoms. The first-order chi connectivity index (χ1) is 5.27. The van der Waals surface area contributed by atoms with Crippen molar-refractivity contribution in [1.82, 2.24) is 0 Å². The molecule has 0 atom stereocenters. The van der Waals surface area contributed by atoms with Crippen LogP contribution < -0.4 is 0 Å². The van der Waals surface area contributed by atoms with Crippen LogP contribution in [0.25, 0.3) is 5.53 Å². The largest absolute Gasteiger partial charge is 0.508 e. The second kappa shape index (κ2) is 3.14. The number of aliphatic hydroxyl groups excluding tert-OH is 2. The van der Waals surface area contributed by atoms with E-state index in [0.29, 0.717) is 17.7 Å². The number of nitrogens with zero attached hydrogens (tertiary/aromatic N) is 2. The lowest BCUT2D eigenvalue weighted by Crippen LogP contribution is -2.11. The van der Waals surface area contributed by atoms with Crippen LogP contribution in [0.2, 0.25) is 0 Å². The minimum Gasteiger partial charge on any atom is -0.508 e. The van der Waals surface area contributed by atoms with Crippen LogP contribution in [0.4, 0.5) is 0 Å². The van der Waals surface area contributed by atoms with Crippen LogP contribution in [0.15, 0.2) is 23.5 Å². The zero-order valence-electron chi connectivity index (χ0n) is 5.86. The standard InChI is InChI=1S/C7H8N2O2/c8-9-7-2-1-6(11)3-5(7)4-10/h1,3,10-11H,2,4H2. The van der Waals surface area contributed by atoms with Gasteiger partial charge in [-0.3, -0.25) is 0 Å². The maximum absolute atomic E-state index is 8.96. The van der Waals surface area contributed by atoms with Gasteiger partial charge in [0.15, 0.2) is 0 Å². The van der Waals surface area contributed by atoms with Crippen molar-refractivity contribution < 1.29 is 15.0 Å². The van der Waals surface area contributed by atoms with Gasteiger partial charge in [0.25, 0.3) is 0 Å². The zero-order valence-corrected chi connectivity index (χ0v) is 5.86. The smallest absolute Gasteiger partial charge is 0.301 e. The van der Waals surface area contributed by atoms with E-state index in [1.165, 1.54) is 12.2 Å². The molecule has 0 unspecified atom stereocenters. The fourth-order valence-electron chi connectivity index (χ4n) is 0.895. The fourth-order valence-corrected chi connectivity index (χ4v) is 0.895. The first kappa shape index (κ1) is 7.72. The highest BCUT2D eigenvalue weighted by Crippen LogP contribution is 2.10. The van der Waals surface area contributed by atoms with Crippen molar-refractivity contribution in [2.45, 2.75) is 6.42 Å². The molecule has 0 aromatic rings. The fraction of sp³-hybridized carbons (Fsp3) is 0.286. The SMILES string of the molecule is [N-]=[N+]=C1CC=C(O)C=C1CO. The van der Waals surface area contributed by atoms with Crippen LogP contribution in [0.5, 0.6) is 0 Å². The molecule has 58 valence electrons. The molecule has 0 aromatic heterocycles. The third kappa shape index (κ3) is 1.55. The van der Waals surface area contributed by atoms with Gasteiger partial charge in [-0.1, -0.05) is 0 Å². The summed E-state index contributed by atoms with van der Waals surface area (Å²) in [6, 6.07) is 0. The first-order valence-electron chi connectivity index (χ1n) is 3.19. The summed E-state index contributed by atoms with van der Waals surface area (Å²) >= 11 is 0. The Balaban J connectivity index is 2.98. The first-order valence-corrected chi connectivity index (χ1v) is 3.19. The lowest BCUT2D eigenvalue weighted by Gasteiger charge is -2.02. The van der Waals surface area contributed by atoms with Crippen LogP contribution >= 0.6 is 0 Å². The molecule has 0 radical (unpaired) electrons. The Labute approximate surface area is 63.7 Å². The molecule has 11 heavy (non-hydrogen) atoms. The quantitative estimate of drug-likeness (QED) is 0.422. The zero-order chi connectivity index (χ0) is 8.27. The molecular formula is C7H8N2O2. The predicted molar refractivity (Wildman–Crippen MR) is 39.1 cm³/mol. The average molecular weight is 152 g/mol. The Hall–Kier alpha value is -1.38. The summed E-state index contributed by atoms with van der Waals surface area (Å²) in [6.45, 7) is -0.225. The van der Waals surface area contributed by atoms with Crippen LogP contribution in [0.3, 0.4) is 0 Å². The summed E-state index contributed by atoms with van der Waals surface area (Å²) in [6.07, 6.45) is 3.24. The van der Waals surface area contributed by atoms with E-state index in [0.717, 1.165) is 0 Å². The van der Waals surface area contributed by atoms with Crippen molar-refractivity contribution >= 4 is 5.71 Å². The number of rotatable bonds is 1. The number of aliphatic hydroxyl groups is 2. The molecule has 0 heterocycles. The topological polar surface area (TPSA) is 76.9 Å². The second-order valence-electron chi connectivity index (χ2n) is 2.21. The highest BCUT2D eigenvalue weighted by molar-refractivity contribution is 5.98. The highest BCUT2D eigenvalue weighted by atomic mass is 16.3. The van der Waals surface area contributed by atoms with Gasteiger partial charge in [0.2, 0.25) is 0 Å². The van der Waals surface area contributed by atoms with Gasteiger partial charge in [-0.2, -0.15) is 4.79 Å². The summed E-state index contributed by atoms with van der Waals surface area (Å²) in [4.78, 5) is 2.97. The molecule has 4 nitrogen and oxygen atoms in total. The van der Waals surface area contributed by atoms with E-state index >= 15 is 0 Å². The van der Waals surface area contributed by atoms with E-state index < -0.39 is 0 Å². The molecule has 1 aliphatic carbocycles. The van der Waals surface area contributed by atoms with Gasteiger partial charge < -0.3 is 15.7 Å². The Bertz CT molecular complexity index is 272.